The topological polar surface area (TPSA) is 76.3 Å². The van der Waals surface area contributed by atoms with E-state index in [0.717, 1.165) is 24.3 Å². The minimum Gasteiger partial charge on any atom is -0.369 e. The summed E-state index contributed by atoms with van der Waals surface area (Å²) in [6, 6.07) is 10.2. The van der Waals surface area contributed by atoms with Gasteiger partial charge in [0.25, 0.3) is 5.91 Å². The predicted octanol–water partition coefficient (Wildman–Crippen LogP) is 2.46. The maximum atomic E-state index is 12.8. The quantitative estimate of drug-likeness (QED) is 0.926. The zero-order valence-corrected chi connectivity index (χ0v) is 14.5. The van der Waals surface area contributed by atoms with Gasteiger partial charge in [0.2, 0.25) is 5.91 Å². The Morgan fingerprint density at radius 2 is 2.04 bits per heavy atom. The summed E-state index contributed by atoms with van der Waals surface area (Å²) >= 11 is 1.49. The van der Waals surface area contributed by atoms with Crippen LogP contribution in [0.3, 0.4) is 0 Å². The molecule has 1 aromatic heterocycles. The number of nitrogens with zero attached hydrogens (tertiary/aromatic N) is 2. The van der Waals surface area contributed by atoms with Crippen molar-refractivity contribution < 1.29 is 9.59 Å². The first-order chi connectivity index (χ1) is 11.5. The van der Waals surface area contributed by atoms with Crippen LogP contribution in [0.5, 0.6) is 0 Å². The van der Waals surface area contributed by atoms with E-state index >= 15 is 0 Å². The van der Waals surface area contributed by atoms with Crippen molar-refractivity contribution in [2.24, 2.45) is 11.7 Å². The minimum atomic E-state index is -0.331. The van der Waals surface area contributed by atoms with Crippen LogP contribution in [-0.2, 0) is 11.2 Å². The van der Waals surface area contributed by atoms with Gasteiger partial charge in [0.15, 0.2) is 0 Å². The van der Waals surface area contributed by atoms with Gasteiger partial charge in [-0.2, -0.15) is 0 Å². The third kappa shape index (κ3) is 3.64. The summed E-state index contributed by atoms with van der Waals surface area (Å²) in [4.78, 5) is 30.4. The van der Waals surface area contributed by atoms with Crippen molar-refractivity contribution in [3.8, 4) is 0 Å². The highest BCUT2D eigenvalue weighted by atomic mass is 32.1. The number of aromatic nitrogens is 1. The Hall–Kier alpha value is -2.21. The maximum absolute atomic E-state index is 12.8. The number of hydrogen-bond donors (Lipinski definition) is 1. The van der Waals surface area contributed by atoms with Gasteiger partial charge >= 0.3 is 0 Å². The Bertz CT molecular complexity index is 729. The fourth-order valence-electron chi connectivity index (χ4n) is 3.03. The van der Waals surface area contributed by atoms with E-state index in [4.69, 9.17) is 5.73 Å². The molecule has 2 N–H and O–H groups in total. The average Bonchev–Trinajstić information content (AvgIpc) is 3.04. The van der Waals surface area contributed by atoms with Gasteiger partial charge in [-0.15, -0.1) is 11.3 Å². The molecule has 3 rings (SSSR count). The second-order valence-electron chi connectivity index (χ2n) is 6.27. The molecule has 1 aromatic carbocycles. The van der Waals surface area contributed by atoms with E-state index < -0.39 is 0 Å². The van der Waals surface area contributed by atoms with Crippen molar-refractivity contribution in [1.29, 1.82) is 0 Å². The molecule has 6 heteroatoms. The fourth-order valence-corrected chi connectivity index (χ4v) is 3.83. The Morgan fingerprint density at radius 1 is 1.29 bits per heavy atom. The van der Waals surface area contributed by atoms with Crippen molar-refractivity contribution in [1.82, 2.24) is 9.88 Å². The zero-order chi connectivity index (χ0) is 17.1. The molecule has 0 radical (unpaired) electrons. The van der Waals surface area contributed by atoms with E-state index in [2.05, 4.69) is 4.98 Å². The Kier molecular flexibility index (Phi) is 4.94. The maximum Gasteiger partial charge on any atom is 0.273 e. The highest BCUT2D eigenvalue weighted by Gasteiger charge is 2.32. The zero-order valence-electron chi connectivity index (χ0n) is 13.6. The van der Waals surface area contributed by atoms with Crippen molar-refractivity contribution in [3.05, 3.63) is 52.0 Å². The lowest BCUT2D eigenvalue weighted by Gasteiger charge is -2.36. The van der Waals surface area contributed by atoms with Crippen LogP contribution in [0.1, 0.15) is 40.8 Å². The van der Waals surface area contributed by atoms with Gasteiger partial charge in [-0.3, -0.25) is 9.59 Å². The molecule has 1 fully saturated rings. The van der Waals surface area contributed by atoms with Gasteiger partial charge in [-0.1, -0.05) is 30.3 Å². The van der Waals surface area contributed by atoms with Crippen LogP contribution in [0.2, 0.25) is 0 Å². The number of piperidine rings is 1. The van der Waals surface area contributed by atoms with Crippen molar-refractivity contribution in [3.63, 3.8) is 0 Å². The third-order valence-electron chi connectivity index (χ3n) is 4.51. The molecule has 0 spiro atoms. The van der Waals surface area contributed by atoms with Crippen molar-refractivity contribution in [2.45, 2.75) is 32.2 Å². The molecule has 0 bridgehead atoms. The molecule has 2 aromatic rings. The van der Waals surface area contributed by atoms with E-state index in [1.807, 2.05) is 37.3 Å². The second-order valence-corrected chi connectivity index (χ2v) is 7.21. The third-order valence-corrected chi connectivity index (χ3v) is 5.36. The van der Waals surface area contributed by atoms with E-state index in [1.165, 1.54) is 16.9 Å². The van der Waals surface area contributed by atoms with Gasteiger partial charge in [0.05, 0.1) is 10.9 Å². The molecular formula is C18H21N3O2S. The van der Waals surface area contributed by atoms with E-state index in [1.54, 1.807) is 10.3 Å². The van der Waals surface area contributed by atoms with Crippen LogP contribution < -0.4 is 5.73 Å². The number of carbonyl (C=O) groups excluding carboxylic acids is 2. The highest BCUT2D eigenvalue weighted by Crippen LogP contribution is 2.24. The van der Waals surface area contributed by atoms with Gasteiger partial charge in [-0.05, 0) is 25.3 Å². The van der Waals surface area contributed by atoms with Crippen LogP contribution in [-0.4, -0.2) is 34.3 Å². The molecule has 1 aliphatic rings. The van der Waals surface area contributed by atoms with Gasteiger partial charge in [-0.25, -0.2) is 4.98 Å². The van der Waals surface area contributed by atoms with Crippen LogP contribution in [0.25, 0.3) is 0 Å². The average molecular weight is 343 g/mol. The van der Waals surface area contributed by atoms with Gasteiger partial charge in [0, 0.05) is 24.4 Å². The summed E-state index contributed by atoms with van der Waals surface area (Å²) < 4.78 is 0. The standard InChI is InChI=1S/C18H21N3O2S/c1-12-7-8-14(17(19)22)10-21(12)18(23)15-11-24-16(20-15)9-13-5-3-2-4-6-13/h2-6,11-12,14H,7-10H2,1H3,(H2,19,22)/t12-,14-/m0/s1. The molecule has 24 heavy (non-hydrogen) atoms. The molecule has 2 amide bonds. The normalized spacial score (nSPS) is 20.8. The molecule has 2 heterocycles. The summed E-state index contributed by atoms with van der Waals surface area (Å²) in [5, 5.41) is 2.72. The van der Waals surface area contributed by atoms with Crippen LogP contribution in [0.4, 0.5) is 0 Å². The van der Waals surface area contributed by atoms with Crippen LogP contribution >= 0.6 is 11.3 Å². The number of likely N-dealkylation sites (tertiary alicyclic amines) is 1. The molecule has 2 atom stereocenters. The fraction of sp³-hybridized carbons (Fsp3) is 0.389. The van der Waals surface area contributed by atoms with Crippen LogP contribution in [0.15, 0.2) is 35.7 Å². The number of amides is 2. The van der Waals surface area contributed by atoms with Gasteiger partial charge < -0.3 is 10.6 Å². The molecular weight excluding hydrogens is 322 g/mol. The van der Waals surface area contributed by atoms with E-state index in [-0.39, 0.29) is 23.8 Å². The largest absolute Gasteiger partial charge is 0.369 e. The lowest BCUT2D eigenvalue weighted by atomic mass is 9.93. The highest BCUT2D eigenvalue weighted by molar-refractivity contribution is 7.09. The number of hydrogen-bond acceptors (Lipinski definition) is 4. The molecule has 1 aliphatic heterocycles. The number of nitrogens with two attached hydrogens (primary N) is 1. The van der Waals surface area contributed by atoms with Gasteiger partial charge in [0.1, 0.15) is 5.69 Å². The lowest BCUT2D eigenvalue weighted by molar-refractivity contribution is -0.123. The van der Waals surface area contributed by atoms with E-state index in [0.29, 0.717) is 12.2 Å². The summed E-state index contributed by atoms with van der Waals surface area (Å²) in [5.74, 6) is -0.695. The molecule has 0 saturated carbocycles. The smallest absolute Gasteiger partial charge is 0.273 e. The summed E-state index contributed by atoms with van der Waals surface area (Å²) in [5.41, 5.74) is 7.05. The van der Waals surface area contributed by atoms with Crippen molar-refractivity contribution in [2.75, 3.05) is 6.54 Å². The molecule has 126 valence electrons. The summed E-state index contributed by atoms with van der Waals surface area (Å²) in [6.45, 7) is 2.40. The van der Waals surface area contributed by atoms with Crippen LogP contribution in [0, 0.1) is 5.92 Å². The number of thiazole rings is 1. The Labute approximate surface area is 145 Å². The first-order valence-electron chi connectivity index (χ1n) is 8.13. The van der Waals surface area contributed by atoms with E-state index in [9.17, 15) is 9.59 Å². The lowest BCUT2D eigenvalue weighted by Crippen LogP contribution is -2.48. The van der Waals surface area contributed by atoms with Crippen molar-refractivity contribution >= 4 is 23.2 Å². The summed E-state index contributed by atoms with van der Waals surface area (Å²) in [7, 11) is 0. The first kappa shape index (κ1) is 16.6. The number of benzene rings is 1. The minimum absolute atomic E-state index is 0.104. The number of primary amides is 1. The number of rotatable bonds is 4. The predicted molar refractivity (Wildman–Crippen MR) is 93.8 cm³/mol. The second kappa shape index (κ2) is 7.13. The Morgan fingerprint density at radius 3 is 2.75 bits per heavy atom. The molecule has 0 unspecified atom stereocenters. The number of carbonyl (C=O) groups is 2. The monoisotopic (exact) mass is 343 g/mol. The molecule has 5 nitrogen and oxygen atoms in total. The first-order valence-corrected chi connectivity index (χ1v) is 9.01. The Balaban J connectivity index is 1.72. The SMILES string of the molecule is C[C@H]1CC[C@H](C(N)=O)CN1C(=O)c1csc(Cc2ccccc2)n1. The molecule has 0 aliphatic carbocycles. The summed E-state index contributed by atoms with van der Waals surface area (Å²) in [6.07, 6.45) is 2.26. The molecule has 1 saturated heterocycles.